The topological polar surface area (TPSA) is 29.3 Å². The highest BCUT2D eigenvalue weighted by Gasteiger charge is 2.10. The lowest BCUT2D eigenvalue weighted by Crippen LogP contribution is -2.36. The van der Waals surface area contributed by atoms with Gasteiger partial charge in [-0.15, -0.1) is 0 Å². The minimum Gasteiger partial charge on any atom is -0.326 e. The molecule has 0 unspecified atom stereocenters. The Morgan fingerprint density at radius 2 is 1.67 bits per heavy atom. The van der Waals surface area contributed by atoms with Crippen molar-refractivity contribution in [2.45, 2.75) is 46.6 Å². The molecule has 0 aromatic rings. The minimum absolute atomic E-state index is 0.0105. The van der Waals surface area contributed by atoms with Crippen LogP contribution in [0, 0.1) is 0 Å². The van der Waals surface area contributed by atoms with Crippen molar-refractivity contribution in [1.82, 2.24) is 4.90 Å². The lowest BCUT2D eigenvalue weighted by atomic mass is 10.0. The highest BCUT2D eigenvalue weighted by atomic mass is 15.1. The number of rotatable bonds is 4. The summed E-state index contributed by atoms with van der Waals surface area (Å²) in [6, 6.07) is 0. The predicted octanol–water partition coefficient (Wildman–Crippen LogP) is 2.09. The third kappa shape index (κ3) is 12.6. The number of nitrogens with zero attached hydrogens (tertiary/aromatic N) is 1. The Hall–Kier alpha value is -0.0800. The Labute approximate surface area is 78.1 Å². The van der Waals surface area contributed by atoms with Crippen molar-refractivity contribution in [3.8, 4) is 0 Å². The van der Waals surface area contributed by atoms with E-state index in [0.29, 0.717) is 0 Å². The van der Waals surface area contributed by atoms with Crippen molar-refractivity contribution in [3.05, 3.63) is 0 Å². The lowest BCUT2D eigenvalue weighted by Gasteiger charge is -2.22. The molecule has 0 atom stereocenters. The van der Waals surface area contributed by atoms with E-state index in [1.54, 1.807) is 0 Å². The molecule has 76 valence electrons. The maximum absolute atomic E-state index is 5.81. The van der Waals surface area contributed by atoms with E-state index in [4.69, 9.17) is 5.73 Å². The summed E-state index contributed by atoms with van der Waals surface area (Å²) in [6.07, 6.45) is 1.07. The second-order valence-corrected chi connectivity index (χ2v) is 3.63. The Balaban J connectivity index is 0. The smallest absolute Gasteiger partial charge is 0.0109 e. The maximum Gasteiger partial charge on any atom is 0.0109 e. The van der Waals surface area contributed by atoms with Gasteiger partial charge in [0.1, 0.15) is 0 Å². The highest BCUT2D eigenvalue weighted by molar-refractivity contribution is 4.72. The molecule has 2 heteroatoms. The zero-order valence-corrected chi connectivity index (χ0v) is 9.65. The average molecular weight is 174 g/mol. The molecule has 0 aliphatic heterocycles. The van der Waals surface area contributed by atoms with E-state index in [9.17, 15) is 0 Å². The maximum atomic E-state index is 5.81. The van der Waals surface area contributed by atoms with Crippen LogP contribution >= 0.6 is 0 Å². The van der Waals surface area contributed by atoms with Gasteiger partial charge in [-0.2, -0.15) is 0 Å². The minimum atomic E-state index is -0.0105. The first-order valence-electron chi connectivity index (χ1n) is 4.93. The summed E-state index contributed by atoms with van der Waals surface area (Å²) in [7, 11) is 2.12. The van der Waals surface area contributed by atoms with Crippen LogP contribution in [-0.4, -0.2) is 30.6 Å². The van der Waals surface area contributed by atoms with Gasteiger partial charge in [0, 0.05) is 5.54 Å². The van der Waals surface area contributed by atoms with Crippen LogP contribution in [0.25, 0.3) is 0 Å². The first-order valence-corrected chi connectivity index (χ1v) is 4.93. The van der Waals surface area contributed by atoms with Crippen molar-refractivity contribution in [2.24, 2.45) is 5.73 Å². The molecule has 0 aliphatic rings. The molecule has 0 rings (SSSR count). The zero-order chi connectivity index (χ0) is 10.2. The summed E-state index contributed by atoms with van der Waals surface area (Å²) in [4.78, 5) is 2.27. The van der Waals surface area contributed by atoms with Crippen LogP contribution in [-0.2, 0) is 0 Å². The summed E-state index contributed by atoms with van der Waals surface area (Å²) in [5.74, 6) is 0. The molecule has 0 amide bonds. The van der Waals surface area contributed by atoms with Gasteiger partial charge in [0.25, 0.3) is 0 Å². The molecule has 0 saturated heterocycles. The van der Waals surface area contributed by atoms with Gasteiger partial charge >= 0.3 is 0 Å². The quantitative estimate of drug-likeness (QED) is 0.707. The standard InChI is InChI=1S/C8H20N2.C2H6/c1-5-10(4)7-6-8(2,3)9;1-2/h5-7,9H2,1-4H3;1-2H3. The lowest BCUT2D eigenvalue weighted by molar-refractivity contribution is 0.308. The fourth-order valence-corrected chi connectivity index (χ4v) is 0.637. The Kier molecular flexibility index (Phi) is 9.10. The molecule has 0 aromatic carbocycles. The molecule has 2 nitrogen and oxygen atoms in total. The second-order valence-electron chi connectivity index (χ2n) is 3.63. The normalized spacial score (nSPS) is 11.0. The van der Waals surface area contributed by atoms with E-state index in [-0.39, 0.29) is 5.54 Å². The molecule has 0 radical (unpaired) electrons. The van der Waals surface area contributed by atoms with E-state index in [2.05, 4.69) is 32.7 Å². The van der Waals surface area contributed by atoms with Gasteiger partial charge in [-0.1, -0.05) is 20.8 Å². The van der Waals surface area contributed by atoms with Crippen LogP contribution in [0.1, 0.15) is 41.0 Å². The number of nitrogens with two attached hydrogens (primary N) is 1. The van der Waals surface area contributed by atoms with Gasteiger partial charge in [-0.05, 0) is 40.4 Å². The molecular formula is C10H26N2. The van der Waals surface area contributed by atoms with Crippen molar-refractivity contribution in [2.75, 3.05) is 20.1 Å². The molecule has 0 aromatic heterocycles. The van der Waals surface area contributed by atoms with Gasteiger partial charge in [-0.25, -0.2) is 0 Å². The number of hydrogen-bond donors (Lipinski definition) is 1. The van der Waals surface area contributed by atoms with Crippen molar-refractivity contribution in [1.29, 1.82) is 0 Å². The monoisotopic (exact) mass is 174 g/mol. The molecule has 2 N–H and O–H groups in total. The third-order valence-electron chi connectivity index (χ3n) is 1.68. The van der Waals surface area contributed by atoms with Gasteiger partial charge in [-0.3, -0.25) is 0 Å². The molecule has 0 fully saturated rings. The first kappa shape index (κ1) is 14.4. The van der Waals surface area contributed by atoms with Gasteiger partial charge in [0.05, 0.1) is 0 Å². The Morgan fingerprint density at radius 1 is 1.25 bits per heavy atom. The Bertz CT molecular complexity index is 84.3. The predicted molar refractivity (Wildman–Crippen MR) is 57.4 cm³/mol. The van der Waals surface area contributed by atoms with Crippen LogP contribution in [0.4, 0.5) is 0 Å². The first-order chi connectivity index (χ1) is 5.45. The third-order valence-corrected chi connectivity index (χ3v) is 1.68. The van der Waals surface area contributed by atoms with Gasteiger partial charge in [0.15, 0.2) is 0 Å². The highest BCUT2D eigenvalue weighted by Crippen LogP contribution is 2.03. The van der Waals surface area contributed by atoms with E-state index in [0.717, 1.165) is 19.5 Å². The molecule has 0 saturated carbocycles. The zero-order valence-electron chi connectivity index (χ0n) is 9.65. The molecule has 0 heterocycles. The summed E-state index contributed by atoms with van der Waals surface area (Å²) in [5, 5.41) is 0. The SMILES string of the molecule is CC.CCN(C)CCC(C)(C)N. The largest absolute Gasteiger partial charge is 0.326 e. The summed E-state index contributed by atoms with van der Waals surface area (Å²) < 4.78 is 0. The molecule has 0 aliphatic carbocycles. The van der Waals surface area contributed by atoms with Gasteiger partial charge < -0.3 is 10.6 Å². The molecule has 0 bridgehead atoms. The van der Waals surface area contributed by atoms with E-state index in [1.165, 1.54) is 0 Å². The van der Waals surface area contributed by atoms with E-state index in [1.807, 2.05) is 13.8 Å². The van der Waals surface area contributed by atoms with Crippen molar-refractivity contribution in [3.63, 3.8) is 0 Å². The molecular weight excluding hydrogens is 148 g/mol. The average Bonchev–Trinajstić information content (AvgIpc) is 2.03. The fourth-order valence-electron chi connectivity index (χ4n) is 0.637. The van der Waals surface area contributed by atoms with Crippen LogP contribution in [0.15, 0.2) is 0 Å². The summed E-state index contributed by atoms with van der Waals surface area (Å²) in [6.45, 7) is 12.5. The van der Waals surface area contributed by atoms with Gasteiger partial charge in [0.2, 0.25) is 0 Å². The van der Waals surface area contributed by atoms with Crippen LogP contribution in [0.3, 0.4) is 0 Å². The van der Waals surface area contributed by atoms with E-state index >= 15 is 0 Å². The van der Waals surface area contributed by atoms with Crippen LogP contribution in [0.2, 0.25) is 0 Å². The Morgan fingerprint density at radius 3 is 1.92 bits per heavy atom. The molecule has 0 spiro atoms. The fraction of sp³-hybridized carbons (Fsp3) is 1.00. The van der Waals surface area contributed by atoms with Crippen LogP contribution < -0.4 is 5.73 Å². The second kappa shape index (κ2) is 7.56. The van der Waals surface area contributed by atoms with Crippen molar-refractivity contribution < 1.29 is 0 Å². The summed E-state index contributed by atoms with van der Waals surface area (Å²) in [5.41, 5.74) is 5.80. The van der Waals surface area contributed by atoms with Crippen LogP contribution in [0.5, 0.6) is 0 Å². The summed E-state index contributed by atoms with van der Waals surface area (Å²) >= 11 is 0. The van der Waals surface area contributed by atoms with Crippen molar-refractivity contribution >= 4 is 0 Å². The van der Waals surface area contributed by atoms with E-state index < -0.39 is 0 Å². The molecule has 12 heavy (non-hydrogen) atoms. The number of hydrogen-bond acceptors (Lipinski definition) is 2.